The number of carbonyl (C=O) groups is 1. The monoisotopic (exact) mass is 275 g/mol. The van der Waals surface area contributed by atoms with E-state index in [1.807, 2.05) is 4.90 Å². The van der Waals surface area contributed by atoms with Crippen LogP contribution >= 0.6 is 0 Å². The van der Waals surface area contributed by atoms with Crippen LogP contribution in [0.3, 0.4) is 0 Å². The summed E-state index contributed by atoms with van der Waals surface area (Å²) < 4.78 is 0. The summed E-state index contributed by atoms with van der Waals surface area (Å²) in [6, 6.07) is 8.66. The van der Waals surface area contributed by atoms with E-state index >= 15 is 0 Å². The van der Waals surface area contributed by atoms with Gasteiger partial charge in [0.05, 0.1) is 6.54 Å². The van der Waals surface area contributed by atoms with Crippen LogP contribution in [0, 0.1) is 6.92 Å². The van der Waals surface area contributed by atoms with Crippen molar-refractivity contribution in [2.75, 3.05) is 27.2 Å². The molecule has 1 saturated heterocycles. The minimum atomic E-state index is 0.0141. The molecule has 1 aliphatic heterocycles. The van der Waals surface area contributed by atoms with Crippen molar-refractivity contribution in [1.82, 2.24) is 15.1 Å². The Morgan fingerprint density at radius 2 is 2.00 bits per heavy atom. The topological polar surface area (TPSA) is 35.6 Å². The van der Waals surface area contributed by atoms with Gasteiger partial charge >= 0.3 is 0 Å². The first-order chi connectivity index (χ1) is 9.49. The third kappa shape index (κ3) is 3.38. The molecule has 1 heterocycles. The average molecular weight is 275 g/mol. The smallest absolute Gasteiger partial charge is 0.238 e. The number of rotatable bonds is 5. The molecule has 1 aromatic rings. The lowest BCUT2D eigenvalue weighted by Gasteiger charge is -2.31. The maximum Gasteiger partial charge on any atom is 0.238 e. The lowest BCUT2D eigenvalue weighted by atomic mass is 10.1. The minimum Gasteiger partial charge on any atom is -0.319 e. The largest absolute Gasteiger partial charge is 0.319 e. The summed E-state index contributed by atoms with van der Waals surface area (Å²) in [4.78, 5) is 16.3. The highest BCUT2D eigenvalue weighted by atomic mass is 16.2. The van der Waals surface area contributed by atoms with E-state index in [0.29, 0.717) is 6.54 Å². The Hall–Kier alpha value is -1.39. The summed E-state index contributed by atoms with van der Waals surface area (Å²) in [5.41, 5.74) is 2.41. The number of hydrogen-bond acceptors (Lipinski definition) is 3. The summed E-state index contributed by atoms with van der Waals surface area (Å²) in [6.07, 6.45) is 1.00. The number of nitrogens with one attached hydrogen (secondary N) is 1. The molecular weight excluding hydrogens is 250 g/mol. The van der Waals surface area contributed by atoms with Gasteiger partial charge in [-0.3, -0.25) is 10.1 Å². The van der Waals surface area contributed by atoms with Gasteiger partial charge in [0.1, 0.15) is 6.17 Å². The molecule has 1 N–H and O–H groups in total. The van der Waals surface area contributed by atoms with Crippen LogP contribution in [0.15, 0.2) is 24.3 Å². The van der Waals surface area contributed by atoms with Crippen LogP contribution in [0.25, 0.3) is 0 Å². The second-order valence-corrected chi connectivity index (χ2v) is 5.94. The summed E-state index contributed by atoms with van der Waals surface area (Å²) in [5, 5.41) is 3.32. The van der Waals surface area contributed by atoms with Gasteiger partial charge in [0.15, 0.2) is 0 Å². The van der Waals surface area contributed by atoms with Crippen LogP contribution in [0.2, 0.25) is 0 Å². The van der Waals surface area contributed by atoms with Crippen molar-refractivity contribution >= 4 is 5.91 Å². The molecule has 4 heteroatoms. The van der Waals surface area contributed by atoms with Crippen molar-refractivity contribution in [3.8, 4) is 0 Å². The standard InChI is InChI=1S/C16H25N3O/c1-12-5-7-14(8-6-12)16-17-11-15(20)19(16)13(2)9-10-18(3)4/h5-8,13,16-17H,9-11H2,1-4H3. The van der Waals surface area contributed by atoms with Crippen LogP contribution < -0.4 is 5.32 Å². The fourth-order valence-electron chi connectivity index (χ4n) is 2.63. The van der Waals surface area contributed by atoms with E-state index in [-0.39, 0.29) is 18.1 Å². The zero-order valence-electron chi connectivity index (χ0n) is 12.9. The van der Waals surface area contributed by atoms with Gasteiger partial charge in [0.2, 0.25) is 5.91 Å². The van der Waals surface area contributed by atoms with Gasteiger partial charge in [-0.05, 0) is 46.5 Å². The maximum atomic E-state index is 12.2. The Balaban J connectivity index is 2.11. The van der Waals surface area contributed by atoms with Crippen molar-refractivity contribution in [2.24, 2.45) is 0 Å². The maximum absolute atomic E-state index is 12.2. The van der Waals surface area contributed by atoms with E-state index in [9.17, 15) is 4.79 Å². The molecule has 1 amide bonds. The van der Waals surface area contributed by atoms with Gasteiger partial charge in [0, 0.05) is 6.04 Å². The Morgan fingerprint density at radius 3 is 2.60 bits per heavy atom. The second-order valence-electron chi connectivity index (χ2n) is 5.94. The Morgan fingerprint density at radius 1 is 1.35 bits per heavy atom. The van der Waals surface area contributed by atoms with Crippen LogP contribution in [0.5, 0.6) is 0 Å². The second kappa shape index (κ2) is 6.37. The molecule has 4 nitrogen and oxygen atoms in total. The molecule has 0 aliphatic carbocycles. The lowest BCUT2D eigenvalue weighted by Crippen LogP contribution is -2.39. The van der Waals surface area contributed by atoms with E-state index in [4.69, 9.17) is 0 Å². The van der Waals surface area contributed by atoms with Crippen molar-refractivity contribution in [1.29, 1.82) is 0 Å². The van der Waals surface area contributed by atoms with E-state index in [2.05, 4.69) is 62.4 Å². The van der Waals surface area contributed by atoms with Gasteiger partial charge in [-0.2, -0.15) is 0 Å². The zero-order chi connectivity index (χ0) is 14.7. The molecule has 20 heavy (non-hydrogen) atoms. The van der Waals surface area contributed by atoms with Crippen LogP contribution in [0.1, 0.15) is 30.6 Å². The van der Waals surface area contributed by atoms with Crippen molar-refractivity contribution in [3.63, 3.8) is 0 Å². The number of aryl methyl sites for hydroxylation is 1. The fourth-order valence-corrected chi connectivity index (χ4v) is 2.63. The van der Waals surface area contributed by atoms with E-state index in [0.717, 1.165) is 18.5 Å². The molecule has 1 aromatic carbocycles. The SMILES string of the molecule is Cc1ccc(C2NCC(=O)N2C(C)CCN(C)C)cc1. The number of nitrogens with zero attached hydrogens (tertiary/aromatic N) is 2. The molecule has 0 radical (unpaired) electrons. The average Bonchev–Trinajstić information content (AvgIpc) is 2.79. The number of carbonyl (C=O) groups excluding carboxylic acids is 1. The van der Waals surface area contributed by atoms with Crippen LogP contribution in [-0.4, -0.2) is 48.9 Å². The highest BCUT2D eigenvalue weighted by Crippen LogP contribution is 2.26. The number of benzene rings is 1. The van der Waals surface area contributed by atoms with Crippen molar-refractivity contribution in [2.45, 2.75) is 32.5 Å². The quantitative estimate of drug-likeness (QED) is 0.889. The molecule has 0 bridgehead atoms. The molecule has 1 fully saturated rings. The first kappa shape index (κ1) is 15.0. The molecule has 1 aliphatic rings. The molecule has 0 spiro atoms. The van der Waals surface area contributed by atoms with E-state index in [1.54, 1.807) is 0 Å². The predicted octanol–water partition coefficient (Wildman–Crippen LogP) is 1.77. The first-order valence-electron chi connectivity index (χ1n) is 7.25. The predicted molar refractivity (Wildman–Crippen MR) is 81.4 cm³/mol. The lowest BCUT2D eigenvalue weighted by molar-refractivity contribution is -0.130. The first-order valence-corrected chi connectivity index (χ1v) is 7.25. The van der Waals surface area contributed by atoms with Gasteiger partial charge in [0.25, 0.3) is 0 Å². The Bertz CT molecular complexity index is 455. The Kier molecular flexibility index (Phi) is 4.78. The number of amides is 1. The van der Waals surface area contributed by atoms with E-state index < -0.39 is 0 Å². The van der Waals surface area contributed by atoms with Crippen molar-refractivity contribution < 1.29 is 4.79 Å². The summed E-state index contributed by atoms with van der Waals surface area (Å²) in [6.45, 7) is 5.64. The normalized spacial score (nSPS) is 20.8. The highest BCUT2D eigenvalue weighted by Gasteiger charge is 2.34. The van der Waals surface area contributed by atoms with E-state index in [1.165, 1.54) is 5.56 Å². The van der Waals surface area contributed by atoms with Gasteiger partial charge < -0.3 is 9.80 Å². The third-order valence-corrected chi connectivity index (χ3v) is 3.87. The highest BCUT2D eigenvalue weighted by molar-refractivity contribution is 5.81. The van der Waals surface area contributed by atoms with Crippen LogP contribution in [-0.2, 0) is 4.79 Å². The fraction of sp³-hybridized carbons (Fsp3) is 0.562. The zero-order valence-corrected chi connectivity index (χ0v) is 12.9. The number of hydrogen-bond donors (Lipinski definition) is 1. The summed E-state index contributed by atoms with van der Waals surface area (Å²) >= 11 is 0. The van der Waals surface area contributed by atoms with Crippen molar-refractivity contribution in [3.05, 3.63) is 35.4 Å². The van der Waals surface area contributed by atoms with Gasteiger partial charge in [-0.25, -0.2) is 0 Å². The minimum absolute atomic E-state index is 0.0141. The van der Waals surface area contributed by atoms with Gasteiger partial charge in [-0.1, -0.05) is 29.8 Å². The summed E-state index contributed by atoms with van der Waals surface area (Å²) in [5.74, 6) is 0.196. The third-order valence-electron chi connectivity index (χ3n) is 3.87. The summed E-state index contributed by atoms with van der Waals surface area (Å²) in [7, 11) is 4.13. The molecule has 0 saturated carbocycles. The molecule has 0 aromatic heterocycles. The molecule has 110 valence electrons. The molecule has 2 rings (SSSR count). The molecular formula is C16H25N3O. The molecule has 2 atom stereocenters. The van der Waals surface area contributed by atoms with Gasteiger partial charge in [-0.15, -0.1) is 0 Å². The Labute approximate surface area is 121 Å². The molecule has 2 unspecified atom stereocenters. The van der Waals surface area contributed by atoms with Crippen LogP contribution in [0.4, 0.5) is 0 Å².